The Morgan fingerprint density at radius 3 is 2.57 bits per heavy atom. The zero-order chi connectivity index (χ0) is 20.8. The van der Waals surface area contributed by atoms with Crippen molar-refractivity contribution < 1.29 is 24.2 Å². The molecule has 1 aromatic carbocycles. The largest absolute Gasteiger partial charge is 0.482 e. The van der Waals surface area contributed by atoms with Gasteiger partial charge in [-0.1, -0.05) is 62.4 Å². The van der Waals surface area contributed by atoms with Crippen molar-refractivity contribution in [1.82, 2.24) is 4.90 Å². The van der Waals surface area contributed by atoms with Crippen LogP contribution in [-0.2, 0) is 14.4 Å². The van der Waals surface area contributed by atoms with Crippen LogP contribution in [0.15, 0.2) is 29.2 Å². The molecule has 28 heavy (non-hydrogen) atoms. The number of hydrogen-bond donors (Lipinski definition) is 1. The van der Waals surface area contributed by atoms with Crippen LogP contribution in [0.25, 0.3) is 6.08 Å². The third-order valence-electron chi connectivity index (χ3n) is 4.28. The number of rotatable bonds is 9. The Morgan fingerprint density at radius 1 is 1.32 bits per heavy atom. The Hall–Kier alpha value is -2.19. The summed E-state index contributed by atoms with van der Waals surface area (Å²) in [5.41, 5.74) is 0.630. The molecule has 0 saturated carbocycles. The molecule has 150 valence electrons. The first-order chi connectivity index (χ1) is 13.3. The van der Waals surface area contributed by atoms with Crippen molar-refractivity contribution in [2.24, 2.45) is 0 Å². The highest BCUT2D eigenvalue weighted by atomic mass is 32.2. The van der Waals surface area contributed by atoms with E-state index in [1.807, 2.05) is 13.8 Å². The summed E-state index contributed by atoms with van der Waals surface area (Å²) in [6, 6.07) is 6.11. The molecular weight excluding hydrogens is 398 g/mol. The molecule has 1 fully saturated rings. The van der Waals surface area contributed by atoms with Gasteiger partial charge in [-0.3, -0.25) is 14.5 Å². The predicted molar refractivity (Wildman–Crippen MR) is 113 cm³/mol. The van der Waals surface area contributed by atoms with Crippen LogP contribution in [-0.4, -0.2) is 44.1 Å². The van der Waals surface area contributed by atoms with Gasteiger partial charge in [-0.2, -0.15) is 0 Å². The molecule has 1 heterocycles. The fraction of sp³-hybridized carbons (Fsp3) is 0.400. The van der Waals surface area contributed by atoms with E-state index < -0.39 is 24.0 Å². The summed E-state index contributed by atoms with van der Waals surface area (Å²) in [7, 11) is 0. The number of nitrogens with zero attached hydrogens (tertiary/aromatic N) is 1. The van der Waals surface area contributed by atoms with Gasteiger partial charge in [0.15, 0.2) is 11.9 Å². The Morgan fingerprint density at radius 2 is 2.00 bits per heavy atom. The first-order valence-electron chi connectivity index (χ1n) is 9.06. The average molecular weight is 422 g/mol. The van der Waals surface area contributed by atoms with Crippen LogP contribution in [0.4, 0.5) is 0 Å². The molecular formula is C20H23NO5S2. The average Bonchev–Trinajstić information content (AvgIpc) is 2.92. The smallest absolute Gasteiger partial charge is 0.326 e. The second kappa shape index (κ2) is 9.84. The van der Waals surface area contributed by atoms with Gasteiger partial charge in [0.25, 0.3) is 5.91 Å². The summed E-state index contributed by atoms with van der Waals surface area (Å²) in [5.74, 6) is -1.09. The van der Waals surface area contributed by atoms with E-state index in [1.54, 1.807) is 30.3 Å². The zero-order valence-corrected chi connectivity index (χ0v) is 17.6. The number of amides is 1. The van der Waals surface area contributed by atoms with Crippen LogP contribution >= 0.6 is 24.0 Å². The highest BCUT2D eigenvalue weighted by Crippen LogP contribution is 2.36. The quantitative estimate of drug-likeness (QED) is 0.478. The van der Waals surface area contributed by atoms with Gasteiger partial charge >= 0.3 is 5.97 Å². The molecule has 1 aliphatic heterocycles. The highest BCUT2D eigenvalue weighted by Gasteiger charge is 2.40. The number of para-hydroxylation sites is 1. The van der Waals surface area contributed by atoms with Gasteiger partial charge in [-0.15, -0.1) is 0 Å². The molecule has 2 rings (SSSR count). The van der Waals surface area contributed by atoms with Gasteiger partial charge in [-0.05, 0) is 31.9 Å². The van der Waals surface area contributed by atoms with Gasteiger partial charge in [-0.25, -0.2) is 4.79 Å². The van der Waals surface area contributed by atoms with Crippen LogP contribution < -0.4 is 4.74 Å². The normalized spacial score (nSPS) is 17.7. The summed E-state index contributed by atoms with van der Waals surface area (Å²) in [6.07, 6.45) is 2.54. The number of ether oxygens (including phenoxy) is 1. The molecule has 1 aliphatic rings. The second-order valence-corrected chi connectivity index (χ2v) is 8.03. The fourth-order valence-corrected chi connectivity index (χ4v) is 4.19. The number of benzene rings is 1. The molecule has 1 N–H and O–H groups in total. The Labute approximate surface area is 173 Å². The van der Waals surface area contributed by atoms with Crippen LogP contribution in [0.1, 0.15) is 45.6 Å². The van der Waals surface area contributed by atoms with E-state index in [1.165, 1.54) is 11.8 Å². The monoisotopic (exact) mass is 421 g/mol. The van der Waals surface area contributed by atoms with Crippen LogP contribution in [0.3, 0.4) is 0 Å². The molecule has 1 amide bonds. The third kappa shape index (κ3) is 4.99. The molecule has 8 heteroatoms. The summed E-state index contributed by atoms with van der Waals surface area (Å²) in [6.45, 7) is 5.19. The number of thioether (sulfide) groups is 1. The van der Waals surface area contributed by atoms with Crippen molar-refractivity contribution >= 4 is 52.0 Å². The summed E-state index contributed by atoms with van der Waals surface area (Å²) < 4.78 is 6.05. The number of hydrogen-bond acceptors (Lipinski definition) is 6. The van der Waals surface area contributed by atoms with Gasteiger partial charge in [0, 0.05) is 5.56 Å². The summed E-state index contributed by atoms with van der Waals surface area (Å²) >= 11 is 6.34. The maximum atomic E-state index is 12.8. The maximum Gasteiger partial charge on any atom is 0.326 e. The van der Waals surface area contributed by atoms with Crippen molar-refractivity contribution in [3.05, 3.63) is 34.7 Å². The predicted octanol–water partition coefficient (Wildman–Crippen LogP) is 3.89. The van der Waals surface area contributed by atoms with E-state index in [0.29, 0.717) is 35.5 Å². The number of aliphatic carboxylic acids is 1. The molecule has 2 unspecified atom stereocenters. The molecule has 0 aliphatic carbocycles. The van der Waals surface area contributed by atoms with Crippen LogP contribution in [0.2, 0.25) is 0 Å². The van der Waals surface area contributed by atoms with Crippen molar-refractivity contribution in [2.45, 2.75) is 52.2 Å². The Bertz CT molecular complexity index is 821. The summed E-state index contributed by atoms with van der Waals surface area (Å²) in [5, 5.41) is 9.46. The number of thiocarbonyl (C=S) groups is 1. The minimum atomic E-state index is -1.07. The van der Waals surface area contributed by atoms with E-state index in [2.05, 4.69) is 0 Å². The number of carboxylic acid groups (broad SMARTS) is 1. The lowest BCUT2D eigenvalue weighted by molar-refractivity contribution is -0.145. The van der Waals surface area contributed by atoms with E-state index in [-0.39, 0.29) is 10.1 Å². The molecule has 6 nitrogen and oxygen atoms in total. The molecule has 1 saturated heterocycles. The van der Waals surface area contributed by atoms with Gasteiger partial charge < -0.3 is 9.84 Å². The van der Waals surface area contributed by atoms with Crippen LogP contribution in [0, 0.1) is 0 Å². The topological polar surface area (TPSA) is 83.9 Å². The molecule has 0 aromatic heterocycles. The maximum absolute atomic E-state index is 12.8. The third-order valence-corrected chi connectivity index (χ3v) is 5.61. The molecule has 1 aromatic rings. The minimum Gasteiger partial charge on any atom is -0.482 e. The van der Waals surface area contributed by atoms with E-state index in [0.717, 1.165) is 11.8 Å². The molecule has 0 bridgehead atoms. The van der Waals surface area contributed by atoms with E-state index in [4.69, 9.17) is 17.0 Å². The number of carboxylic acids is 1. The lowest BCUT2D eigenvalue weighted by atomic mass is 10.1. The Kier molecular flexibility index (Phi) is 7.77. The molecule has 0 spiro atoms. The summed E-state index contributed by atoms with van der Waals surface area (Å²) in [4.78, 5) is 37.6. The van der Waals surface area contributed by atoms with Gasteiger partial charge in [0.2, 0.25) is 0 Å². The number of carbonyl (C=O) groups is 3. The number of ketones is 1. The minimum absolute atomic E-state index is 0.0764. The SMILES string of the molecule is CCCC(C(=O)O)N1C(=O)/C(=C/c2ccccc2OC(CC)C(C)=O)SC1=S. The lowest BCUT2D eigenvalue weighted by Crippen LogP contribution is -2.43. The van der Waals surface area contributed by atoms with Gasteiger partial charge in [0.05, 0.1) is 4.91 Å². The van der Waals surface area contributed by atoms with Crippen molar-refractivity contribution in [3.63, 3.8) is 0 Å². The first-order valence-corrected chi connectivity index (χ1v) is 10.3. The van der Waals surface area contributed by atoms with Crippen molar-refractivity contribution in [2.75, 3.05) is 0 Å². The number of carbonyl (C=O) groups excluding carboxylic acids is 2. The highest BCUT2D eigenvalue weighted by molar-refractivity contribution is 8.26. The second-order valence-electron chi connectivity index (χ2n) is 6.36. The van der Waals surface area contributed by atoms with Gasteiger partial charge in [0.1, 0.15) is 16.1 Å². The van der Waals surface area contributed by atoms with E-state index in [9.17, 15) is 19.5 Å². The fourth-order valence-electron chi connectivity index (χ4n) is 2.84. The zero-order valence-electron chi connectivity index (χ0n) is 16.0. The van der Waals surface area contributed by atoms with E-state index >= 15 is 0 Å². The standard InChI is InChI=1S/C20H23NO5S2/c1-4-8-14(19(24)25)21-18(23)17(28-20(21)27)11-13-9-6-7-10-16(13)26-15(5-2)12(3)22/h6-7,9-11,14-15H,4-5,8H2,1-3H3,(H,24,25)/b17-11-. The first kappa shape index (κ1) is 22.1. The van der Waals surface area contributed by atoms with Crippen LogP contribution in [0.5, 0.6) is 5.75 Å². The molecule has 0 radical (unpaired) electrons. The van der Waals surface area contributed by atoms with Crippen molar-refractivity contribution in [3.8, 4) is 5.75 Å². The Balaban J connectivity index is 2.34. The number of Topliss-reactive ketones (excluding diaryl/α,β-unsaturated/α-hetero) is 1. The van der Waals surface area contributed by atoms with Crippen molar-refractivity contribution in [1.29, 1.82) is 0 Å². The lowest BCUT2D eigenvalue weighted by Gasteiger charge is -2.22. The molecule has 2 atom stereocenters.